The third-order valence-corrected chi connectivity index (χ3v) is 6.94. The summed E-state index contributed by atoms with van der Waals surface area (Å²) in [6, 6.07) is 14.7. The van der Waals surface area contributed by atoms with Gasteiger partial charge in [0.25, 0.3) is 0 Å². The van der Waals surface area contributed by atoms with Gasteiger partial charge in [0.1, 0.15) is 0 Å². The number of ether oxygens (including phenoxy) is 1. The number of hydrogen-bond acceptors (Lipinski definition) is 5. The number of rotatable bonds is 8. The molecule has 1 heterocycles. The molecule has 3 rings (SSSR count). The molecular weight excluding hydrogens is 402 g/mol. The molecule has 0 bridgehead atoms. The van der Waals surface area contributed by atoms with Crippen LogP contribution in [-0.2, 0) is 32.6 Å². The van der Waals surface area contributed by atoms with Crippen LogP contribution in [0.5, 0.6) is 0 Å². The van der Waals surface area contributed by atoms with Crippen molar-refractivity contribution in [2.75, 3.05) is 39.9 Å². The Hall–Kier alpha value is -2.26. The van der Waals surface area contributed by atoms with Crippen LogP contribution in [0.15, 0.2) is 53.4 Å². The van der Waals surface area contributed by atoms with Crippen LogP contribution in [0.1, 0.15) is 16.7 Å². The van der Waals surface area contributed by atoms with Gasteiger partial charge < -0.3 is 10.1 Å². The first kappa shape index (κ1) is 22.4. The molecule has 1 N–H and O–H groups in total. The number of nitrogens with zero attached hydrogens (tertiary/aromatic N) is 2. The number of sulfonamides is 1. The average Bonchev–Trinajstić information content (AvgIpc) is 2.74. The topological polar surface area (TPSA) is 79.0 Å². The summed E-state index contributed by atoms with van der Waals surface area (Å²) in [5.74, 6) is -0.342. The SMILES string of the molecule is Cc1ccc(S(=O)(=O)N(C)CC(=O)NCc2ccc(CN3CCOCC3)cc2)cc1. The van der Waals surface area contributed by atoms with E-state index in [4.69, 9.17) is 4.74 Å². The quantitative estimate of drug-likeness (QED) is 0.689. The van der Waals surface area contributed by atoms with E-state index in [2.05, 4.69) is 22.3 Å². The molecule has 0 spiro atoms. The van der Waals surface area contributed by atoms with Gasteiger partial charge in [0.15, 0.2) is 0 Å². The molecule has 1 fully saturated rings. The summed E-state index contributed by atoms with van der Waals surface area (Å²) in [4.78, 5) is 14.8. The number of carbonyl (C=O) groups is 1. The fourth-order valence-corrected chi connectivity index (χ4v) is 4.34. The molecule has 0 aromatic heterocycles. The highest BCUT2D eigenvalue weighted by Crippen LogP contribution is 2.15. The second-order valence-electron chi connectivity index (χ2n) is 7.56. The monoisotopic (exact) mass is 431 g/mol. The molecule has 1 amide bonds. The van der Waals surface area contributed by atoms with Crippen LogP contribution in [0, 0.1) is 6.92 Å². The van der Waals surface area contributed by atoms with Gasteiger partial charge in [-0.1, -0.05) is 42.0 Å². The first-order valence-corrected chi connectivity index (χ1v) is 11.5. The lowest BCUT2D eigenvalue weighted by atomic mass is 10.1. The second-order valence-corrected chi connectivity index (χ2v) is 9.60. The van der Waals surface area contributed by atoms with Gasteiger partial charge in [-0.2, -0.15) is 4.31 Å². The Morgan fingerprint density at radius 1 is 1.03 bits per heavy atom. The van der Waals surface area contributed by atoms with Crippen molar-refractivity contribution in [2.24, 2.45) is 0 Å². The van der Waals surface area contributed by atoms with Gasteiger partial charge in [-0.3, -0.25) is 9.69 Å². The number of benzene rings is 2. The predicted octanol–water partition coefficient (Wildman–Crippen LogP) is 1.76. The largest absolute Gasteiger partial charge is 0.379 e. The molecule has 7 nitrogen and oxygen atoms in total. The van der Waals surface area contributed by atoms with E-state index in [0.29, 0.717) is 6.54 Å². The molecule has 8 heteroatoms. The molecule has 2 aromatic rings. The smallest absolute Gasteiger partial charge is 0.243 e. The minimum absolute atomic E-state index is 0.180. The van der Waals surface area contributed by atoms with E-state index in [1.165, 1.54) is 12.6 Å². The molecule has 1 aliphatic rings. The molecular formula is C22H29N3O4S. The zero-order valence-electron chi connectivity index (χ0n) is 17.5. The Labute approximate surface area is 178 Å². The van der Waals surface area contributed by atoms with E-state index in [9.17, 15) is 13.2 Å². The number of nitrogens with one attached hydrogen (secondary N) is 1. The minimum atomic E-state index is -3.69. The van der Waals surface area contributed by atoms with E-state index in [1.54, 1.807) is 24.3 Å². The second kappa shape index (κ2) is 10.2. The predicted molar refractivity (Wildman–Crippen MR) is 115 cm³/mol. The molecule has 1 saturated heterocycles. The molecule has 0 radical (unpaired) electrons. The van der Waals surface area contributed by atoms with Gasteiger partial charge in [0, 0.05) is 33.2 Å². The summed E-state index contributed by atoms with van der Waals surface area (Å²) in [5, 5.41) is 2.79. The molecule has 162 valence electrons. The number of likely N-dealkylation sites (N-methyl/N-ethyl adjacent to an activating group) is 1. The normalized spacial score (nSPS) is 15.3. The summed E-state index contributed by atoms with van der Waals surface area (Å²) in [5.41, 5.74) is 3.17. The van der Waals surface area contributed by atoms with Crippen molar-refractivity contribution in [3.05, 3.63) is 65.2 Å². The Morgan fingerprint density at radius 2 is 1.63 bits per heavy atom. The molecule has 1 aliphatic heterocycles. The van der Waals surface area contributed by atoms with Crippen LogP contribution in [0.25, 0.3) is 0 Å². The van der Waals surface area contributed by atoms with Gasteiger partial charge in [-0.15, -0.1) is 0 Å². The lowest BCUT2D eigenvalue weighted by molar-refractivity contribution is -0.121. The fraction of sp³-hybridized carbons (Fsp3) is 0.409. The van der Waals surface area contributed by atoms with Crippen molar-refractivity contribution in [1.82, 2.24) is 14.5 Å². The Balaban J connectivity index is 1.48. The van der Waals surface area contributed by atoms with E-state index in [-0.39, 0.29) is 17.3 Å². The van der Waals surface area contributed by atoms with E-state index in [1.807, 2.05) is 19.1 Å². The summed E-state index contributed by atoms with van der Waals surface area (Å²) >= 11 is 0. The maximum Gasteiger partial charge on any atom is 0.243 e. The number of morpholine rings is 1. The highest BCUT2D eigenvalue weighted by atomic mass is 32.2. The number of carbonyl (C=O) groups excluding carboxylic acids is 1. The summed E-state index contributed by atoms with van der Waals surface area (Å²) in [6.07, 6.45) is 0. The standard InChI is InChI=1S/C22H29N3O4S/c1-18-3-9-21(10-4-18)30(27,28)24(2)17-22(26)23-15-19-5-7-20(8-6-19)16-25-11-13-29-14-12-25/h3-10H,11-17H2,1-2H3,(H,23,26). The zero-order valence-corrected chi connectivity index (χ0v) is 18.3. The number of hydrogen-bond donors (Lipinski definition) is 1. The summed E-state index contributed by atoms with van der Waals surface area (Å²) in [7, 11) is -2.28. The van der Waals surface area contributed by atoms with Gasteiger partial charge in [-0.25, -0.2) is 8.42 Å². The van der Waals surface area contributed by atoms with Crippen LogP contribution in [0.2, 0.25) is 0 Å². The number of amides is 1. The summed E-state index contributed by atoms with van der Waals surface area (Å²) < 4.78 is 31.6. The van der Waals surface area contributed by atoms with Crippen LogP contribution < -0.4 is 5.32 Å². The van der Waals surface area contributed by atoms with Crippen molar-refractivity contribution in [3.63, 3.8) is 0 Å². The van der Waals surface area contributed by atoms with Gasteiger partial charge in [-0.05, 0) is 30.2 Å². The third kappa shape index (κ3) is 6.12. The van der Waals surface area contributed by atoms with E-state index < -0.39 is 10.0 Å². The van der Waals surface area contributed by atoms with E-state index >= 15 is 0 Å². The lowest BCUT2D eigenvalue weighted by Crippen LogP contribution is -2.38. The van der Waals surface area contributed by atoms with Crippen molar-refractivity contribution >= 4 is 15.9 Å². The van der Waals surface area contributed by atoms with Crippen molar-refractivity contribution < 1.29 is 17.9 Å². The van der Waals surface area contributed by atoms with Crippen LogP contribution in [-0.4, -0.2) is 63.4 Å². The van der Waals surface area contributed by atoms with Gasteiger partial charge in [0.2, 0.25) is 15.9 Å². The molecule has 30 heavy (non-hydrogen) atoms. The van der Waals surface area contributed by atoms with Crippen molar-refractivity contribution in [2.45, 2.75) is 24.9 Å². The third-order valence-electron chi connectivity index (χ3n) is 5.12. The highest BCUT2D eigenvalue weighted by Gasteiger charge is 2.22. The molecule has 0 saturated carbocycles. The zero-order chi connectivity index (χ0) is 21.6. The summed E-state index contributed by atoms with van der Waals surface area (Å²) in [6.45, 7) is 6.34. The van der Waals surface area contributed by atoms with Crippen LogP contribution in [0.3, 0.4) is 0 Å². The van der Waals surface area contributed by atoms with Crippen molar-refractivity contribution in [1.29, 1.82) is 0 Å². The first-order chi connectivity index (χ1) is 14.3. The Morgan fingerprint density at radius 3 is 2.27 bits per heavy atom. The van der Waals surface area contributed by atoms with Crippen LogP contribution in [0.4, 0.5) is 0 Å². The maximum absolute atomic E-state index is 12.6. The highest BCUT2D eigenvalue weighted by molar-refractivity contribution is 7.89. The molecule has 0 aliphatic carbocycles. The average molecular weight is 432 g/mol. The fourth-order valence-electron chi connectivity index (χ4n) is 3.21. The lowest BCUT2D eigenvalue weighted by Gasteiger charge is -2.26. The minimum Gasteiger partial charge on any atom is -0.379 e. The molecule has 0 unspecified atom stereocenters. The molecule has 0 atom stereocenters. The molecule has 2 aromatic carbocycles. The first-order valence-electron chi connectivity index (χ1n) is 10.0. The van der Waals surface area contributed by atoms with Crippen LogP contribution >= 0.6 is 0 Å². The van der Waals surface area contributed by atoms with E-state index in [0.717, 1.165) is 48.3 Å². The van der Waals surface area contributed by atoms with Gasteiger partial charge in [0.05, 0.1) is 24.7 Å². The maximum atomic E-state index is 12.6. The Bertz CT molecular complexity index is 937. The van der Waals surface area contributed by atoms with Crippen molar-refractivity contribution in [3.8, 4) is 0 Å². The van der Waals surface area contributed by atoms with Gasteiger partial charge >= 0.3 is 0 Å². The Kier molecular flexibility index (Phi) is 7.60. The number of aryl methyl sites for hydroxylation is 1.